The van der Waals surface area contributed by atoms with Crippen molar-refractivity contribution in [3.8, 4) is 0 Å². The zero-order valence-corrected chi connectivity index (χ0v) is 11.0. The minimum Gasteiger partial charge on any atom is -0.292 e. The maximum atomic E-state index is 12.0. The van der Waals surface area contributed by atoms with Crippen LogP contribution >= 0.6 is 15.9 Å². The smallest absolute Gasteiger partial charge is 0.182 e. The second kappa shape index (κ2) is 5.23. The molecule has 2 aromatic heterocycles. The van der Waals surface area contributed by atoms with Gasteiger partial charge in [0.25, 0.3) is 0 Å². The number of Topliss-reactive ketones (excluding diaryl/α,β-unsaturated/α-hetero) is 1. The molecule has 2 aromatic rings. The van der Waals surface area contributed by atoms with E-state index in [9.17, 15) is 4.79 Å². The fourth-order valence-corrected chi connectivity index (χ4v) is 2.22. The van der Waals surface area contributed by atoms with Crippen LogP contribution in [0, 0.1) is 0 Å². The van der Waals surface area contributed by atoms with Crippen LogP contribution in [0.2, 0.25) is 0 Å². The van der Waals surface area contributed by atoms with Gasteiger partial charge in [0.1, 0.15) is 5.69 Å². The van der Waals surface area contributed by atoms with Crippen molar-refractivity contribution in [1.29, 1.82) is 0 Å². The monoisotopic (exact) mass is 293 g/mol. The Bertz CT molecular complexity index is 502. The Hall–Kier alpha value is -1.49. The third-order valence-corrected chi connectivity index (χ3v) is 3.10. The number of nitrogens with zero attached hydrogens (tertiary/aromatic N) is 3. The van der Waals surface area contributed by atoms with Crippen LogP contribution in [0.4, 0.5) is 0 Å². The van der Waals surface area contributed by atoms with Crippen molar-refractivity contribution in [1.82, 2.24) is 14.8 Å². The minimum atomic E-state index is 0.0840. The lowest BCUT2D eigenvalue weighted by molar-refractivity contribution is 0.0973. The molecule has 0 aliphatic heterocycles. The van der Waals surface area contributed by atoms with Gasteiger partial charge in [0.05, 0.1) is 10.7 Å². The van der Waals surface area contributed by atoms with E-state index in [4.69, 9.17) is 0 Å². The molecular weight excluding hydrogens is 282 g/mol. The lowest BCUT2D eigenvalue weighted by atomic mass is 10.1. The summed E-state index contributed by atoms with van der Waals surface area (Å²) in [6.45, 7) is 0. The van der Waals surface area contributed by atoms with Gasteiger partial charge in [-0.05, 0) is 34.0 Å². The van der Waals surface area contributed by atoms with Gasteiger partial charge in [-0.1, -0.05) is 6.07 Å². The van der Waals surface area contributed by atoms with Gasteiger partial charge in [-0.15, -0.1) is 0 Å². The molecular formula is C12H12BrN3O. The van der Waals surface area contributed by atoms with Gasteiger partial charge >= 0.3 is 0 Å². The Kier molecular flexibility index (Phi) is 3.68. The van der Waals surface area contributed by atoms with Crippen LogP contribution in [-0.2, 0) is 13.5 Å². The number of hydrogen-bond donors (Lipinski definition) is 0. The van der Waals surface area contributed by atoms with Crippen molar-refractivity contribution in [2.45, 2.75) is 12.8 Å². The van der Waals surface area contributed by atoms with E-state index in [1.165, 1.54) is 0 Å². The number of aromatic nitrogens is 3. The molecule has 5 heteroatoms. The fraction of sp³-hybridized carbons (Fsp3) is 0.250. The van der Waals surface area contributed by atoms with Gasteiger partial charge in [0, 0.05) is 25.9 Å². The van der Waals surface area contributed by atoms with E-state index in [-0.39, 0.29) is 5.78 Å². The van der Waals surface area contributed by atoms with Crippen molar-refractivity contribution in [2.24, 2.45) is 7.05 Å². The SMILES string of the molecule is Cn1ncc(Br)c1C(=O)CCc1cccnc1. The first-order valence-electron chi connectivity index (χ1n) is 5.28. The van der Waals surface area contributed by atoms with E-state index in [0.717, 1.165) is 10.0 Å². The van der Waals surface area contributed by atoms with E-state index in [0.29, 0.717) is 18.5 Å². The van der Waals surface area contributed by atoms with Crippen molar-refractivity contribution < 1.29 is 4.79 Å². The summed E-state index contributed by atoms with van der Waals surface area (Å²) >= 11 is 3.33. The van der Waals surface area contributed by atoms with Crippen molar-refractivity contribution in [2.75, 3.05) is 0 Å². The van der Waals surface area contributed by atoms with Crippen LogP contribution in [0.5, 0.6) is 0 Å². The average molecular weight is 294 g/mol. The van der Waals surface area contributed by atoms with Crippen LogP contribution in [0.15, 0.2) is 35.2 Å². The van der Waals surface area contributed by atoms with E-state index in [2.05, 4.69) is 26.0 Å². The number of halogens is 1. The Morgan fingerprint density at radius 2 is 2.29 bits per heavy atom. The first-order chi connectivity index (χ1) is 8.18. The predicted molar refractivity (Wildman–Crippen MR) is 67.8 cm³/mol. The molecule has 88 valence electrons. The highest BCUT2D eigenvalue weighted by Gasteiger charge is 2.14. The van der Waals surface area contributed by atoms with Crippen LogP contribution < -0.4 is 0 Å². The first kappa shape index (κ1) is 12.0. The molecule has 0 bridgehead atoms. The van der Waals surface area contributed by atoms with E-state index < -0.39 is 0 Å². The lowest BCUT2D eigenvalue weighted by Gasteiger charge is -2.02. The molecule has 0 aliphatic rings. The van der Waals surface area contributed by atoms with Crippen LogP contribution in [-0.4, -0.2) is 20.5 Å². The molecule has 4 nitrogen and oxygen atoms in total. The lowest BCUT2D eigenvalue weighted by Crippen LogP contribution is -2.08. The molecule has 0 saturated carbocycles. The molecule has 0 unspecified atom stereocenters. The molecule has 0 N–H and O–H groups in total. The molecule has 17 heavy (non-hydrogen) atoms. The Labute approximate surface area is 108 Å². The highest BCUT2D eigenvalue weighted by molar-refractivity contribution is 9.10. The number of ketones is 1. The molecule has 0 amide bonds. The normalized spacial score (nSPS) is 10.5. The summed E-state index contributed by atoms with van der Waals surface area (Å²) < 4.78 is 2.34. The number of rotatable bonds is 4. The van der Waals surface area contributed by atoms with Gasteiger partial charge in [-0.3, -0.25) is 14.5 Å². The fourth-order valence-electron chi connectivity index (χ4n) is 1.65. The van der Waals surface area contributed by atoms with E-state index in [1.54, 1.807) is 30.3 Å². The quantitative estimate of drug-likeness (QED) is 0.813. The Morgan fingerprint density at radius 1 is 1.47 bits per heavy atom. The molecule has 2 heterocycles. The highest BCUT2D eigenvalue weighted by Crippen LogP contribution is 2.17. The van der Waals surface area contributed by atoms with Crippen molar-refractivity contribution in [3.05, 3.63) is 46.5 Å². The molecule has 0 radical (unpaired) electrons. The number of pyridine rings is 1. The molecule has 0 spiro atoms. The summed E-state index contributed by atoms with van der Waals surface area (Å²) in [5.74, 6) is 0.0840. The second-order valence-corrected chi connectivity index (χ2v) is 4.60. The Morgan fingerprint density at radius 3 is 2.88 bits per heavy atom. The maximum absolute atomic E-state index is 12.0. The zero-order chi connectivity index (χ0) is 12.3. The van der Waals surface area contributed by atoms with E-state index in [1.807, 2.05) is 12.1 Å². The number of hydrogen-bond acceptors (Lipinski definition) is 3. The van der Waals surface area contributed by atoms with Crippen molar-refractivity contribution >= 4 is 21.7 Å². The van der Waals surface area contributed by atoms with Gasteiger partial charge in [-0.25, -0.2) is 0 Å². The van der Waals surface area contributed by atoms with Crippen LogP contribution in [0.25, 0.3) is 0 Å². The zero-order valence-electron chi connectivity index (χ0n) is 9.43. The molecule has 2 rings (SSSR count). The van der Waals surface area contributed by atoms with Gasteiger partial charge < -0.3 is 0 Å². The predicted octanol–water partition coefficient (Wildman–Crippen LogP) is 2.39. The average Bonchev–Trinajstić information content (AvgIpc) is 2.67. The summed E-state index contributed by atoms with van der Waals surface area (Å²) in [6, 6.07) is 3.85. The Balaban J connectivity index is 2.04. The standard InChI is InChI=1S/C12H12BrN3O/c1-16-12(10(13)8-15-16)11(17)5-4-9-3-2-6-14-7-9/h2-3,6-8H,4-5H2,1H3. The van der Waals surface area contributed by atoms with Crippen LogP contribution in [0.3, 0.4) is 0 Å². The van der Waals surface area contributed by atoms with Gasteiger partial charge in [0.15, 0.2) is 5.78 Å². The third-order valence-electron chi connectivity index (χ3n) is 2.52. The first-order valence-corrected chi connectivity index (χ1v) is 6.07. The molecule has 0 aliphatic carbocycles. The van der Waals surface area contributed by atoms with Crippen LogP contribution in [0.1, 0.15) is 22.5 Å². The minimum absolute atomic E-state index is 0.0840. The number of aryl methyl sites for hydroxylation is 2. The summed E-state index contributed by atoms with van der Waals surface area (Å²) in [5, 5.41) is 4.03. The highest BCUT2D eigenvalue weighted by atomic mass is 79.9. The summed E-state index contributed by atoms with van der Waals surface area (Å²) in [4.78, 5) is 16.0. The largest absolute Gasteiger partial charge is 0.292 e. The molecule has 0 aromatic carbocycles. The number of carbonyl (C=O) groups is 1. The second-order valence-electron chi connectivity index (χ2n) is 3.75. The number of carbonyl (C=O) groups excluding carboxylic acids is 1. The van der Waals surface area contributed by atoms with Gasteiger partial charge in [-0.2, -0.15) is 5.10 Å². The topological polar surface area (TPSA) is 47.8 Å². The maximum Gasteiger partial charge on any atom is 0.182 e. The summed E-state index contributed by atoms with van der Waals surface area (Å²) in [5.41, 5.74) is 1.69. The molecule has 0 atom stereocenters. The molecule has 0 saturated heterocycles. The summed E-state index contributed by atoms with van der Waals surface area (Å²) in [7, 11) is 1.77. The van der Waals surface area contributed by atoms with Gasteiger partial charge in [0.2, 0.25) is 0 Å². The van der Waals surface area contributed by atoms with Crippen molar-refractivity contribution in [3.63, 3.8) is 0 Å². The molecule has 0 fully saturated rings. The van der Waals surface area contributed by atoms with E-state index >= 15 is 0 Å². The third kappa shape index (κ3) is 2.79. The summed E-state index contributed by atoms with van der Waals surface area (Å²) in [6.07, 6.45) is 6.31.